The molecular formula is C6H2FNOS. The fraction of sp³-hybridized carbons (Fsp3) is 0. The van der Waals surface area contributed by atoms with Crippen LogP contribution in [0.25, 0.3) is 0 Å². The zero-order valence-corrected chi connectivity index (χ0v) is 5.61. The van der Waals surface area contributed by atoms with Crippen molar-refractivity contribution in [2.45, 2.75) is 0 Å². The molecule has 1 rings (SSSR count). The van der Waals surface area contributed by atoms with Gasteiger partial charge in [-0.2, -0.15) is 5.26 Å². The van der Waals surface area contributed by atoms with Crippen molar-refractivity contribution in [2.75, 3.05) is 0 Å². The van der Waals surface area contributed by atoms with E-state index in [1.807, 2.05) is 0 Å². The molecule has 0 aliphatic heterocycles. The second kappa shape index (κ2) is 2.58. The van der Waals surface area contributed by atoms with Crippen molar-refractivity contribution in [3.8, 4) is 6.07 Å². The van der Waals surface area contributed by atoms with Gasteiger partial charge in [-0.1, -0.05) is 0 Å². The molecule has 0 atom stereocenters. The number of nitrogens with zero attached hydrogens (tertiary/aromatic N) is 1. The van der Waals surface area contributed by atoms with Crippen LogP contribution in [0.5, 0.6) is 0 Å². The molecular weight excluding hydrogens is 153 g/mol. The van der Waals surface area contributed by atoms with Crippen LogP contribution in [0.1, 0.15) is 14.5 Å². The van der Waals surface area contributed by atoms with Crippen LogP contribution in [-0.2, 0) is 0 Å². The summed E-state index contributed by atoms with van der Waals surface area (Å²) < 4.78 is 12.4. The van der Waals surface area contributed by atoms with Crippen LogP contribution in [-0.4, -0.2) is 6.29 Å². The maximum absolute atomic E-state index is 12.4. The standard InChI is InChI=1S/C6H2FNOS/c7-5-1-4(3-9)10-6(5)2-8/h1,3H. The number of carbonyl (C=O) groups is 1. The molecule has 0 fully saturated rings. The van der Waals surface area contributed by atoms with Gasteiger partial charge < -0.3 is 0 Å². The predicted octanol–water partition coefficient (Wildman–Crippen LogP) is 1.57. The average Bonchev–Trinajstić information content (AvgIpc) is 2.30. The molecule has 0 N–H and O–H groups in total. The van der Waals surface area contributed by atoms with Crippen molar-refractivity contribution in [1.29, 1.82) is 5.26 Å². The number of rotatable bonds is 1. The first-order valence-electron chi connectivity index (χ1n) is 2.42. The Balaban J connectivity index is 3.19. The highest BCUT2D eigenvalue weighted by atomic mass is 32.1. The highest BCUT2D eigenvalue weighted by Crippen LogP contribution is 2.17. The van der Waals surface area contributed by atoms with Crippen molar-refractivity contribution >= 4 is 17.6 Å². The third-order valence-corrected chi connectivity index (χ3v) is 1.86. The van der Waals surface area contributed by atoms with E-state index in [1.165, 1.54) is 0 Å². The van der Waals surface area contributed by atoms with E-state index in [0.717, 1.165) is 17.4 Å². The molecule has 0 unspecified atom stereocenters. The summed E-state index contributed by atoms with van der Waals surface area (Å²) in [7, 11) is 0. The Hall–Kier alpha value is -1.21. The molecule has 0 aliphatic rings. The first-order valence-corrected chi connectivity index (χ1v) is 3.24. The molecule has 0 spiro atoms. The van der Waals surface area contributed by atoms with Crippen molar-refractivity contribution in [2.24, 2.45) is 0 Å². The van der Waals surface area contributed by atoms with Crippen molar-refractivity contribution in [3.05, 3.63) is 21.6 Å². The second-order valence-electron chi connectivity index (χ2n) is 1.56. The average molecular weight is 155 g/mol. The minimum atomic E-state index is -0.616. The molecule has 0 saturated heterocycles. The Bertz CT molecular complexity index is 299. The molecule has 50 valence electrons. The summed E-state index contributed by atoms with van der Waals surface area (Å²) in [6.45, 7) is 0. The van der Waals surface area contributed by atoms with E-state index in [2.05, 4.69) is 0 Å². The van der Waals surface area contributed by atoms with E-state index < -0.39 is 5.82 Å². The van der Waals surface area contributed by atoms with Crippen LogP contribution in [0, 0.1) is 17.1 Å². The molecule has 10 heavy (non-hydrogen) atoms. The molecule has 0 saturated carbocycles. The van der Waals surface area contributed by atoms with Crippen molar-refractivity contribution in [3.63, 3.8) is 0 Å². The Morgan fingerprint density at radius 3 is 2.80 bits per heavy atom. The summed E-state index contributed by atoms with van der Waals surface area (Å²) in [6.07, 6.45) is 0.522. The van der Waals surface area contributed by atoms with Crippen LogP contribution in [0.4, 0.5) is 4.39 Å². The van der Waals surface area contributed by atoms with Crippen LogP contribution in [0.15, 0.2) is 6.07 Å². The van der Waals surface area contributed by atoms with Crippen LogP contribution in [0.2, 0.25) is 0 Å². The zero-order valence-electron chi connectivity index (χ0n) is 4.80. The molecule has 1 aromatic heterocycles. The molecule has 0 aliphatic carbocycles. The largest absolute Gasteiger partial charge is 0.297 e. The first kappa shape index (κ1) is 6.90. The molecule has 2 nitrogen and oxygen atoms in total. The minimum Gasteiger partial charge on any atom is -0.297 e. The highest BCUT2D eigenvalue weighted by molar-refractivity contribution is 7.14. The van der Waals surface area contributed by atoms with Gasteiger partial charge in [0, 0.05) is 0 Å². The fourth-order valence-electron chi connectivity index (χ4n) is 0.521. The summed E-state index contributed by atoms with van der Waals surface area (Å²) in [5, 5.41) is 8.23. The van der Waals surface area contributed by atoms with Crippen LogP contribution < -0.4 is 0 Å². The maximum atomic E-state index is 12.4. The summed E-state index contributed by atoms with van der Waals surface area (Å²) in [4.78, 5) is 10.2. The molecule has 1 heterocycles. The van der Waals surface area contributed by atoms with E-state index in [4.69, 9.17) is 5.26 Å². The smallest absolute Gasteiger partial charge is 0.160 e. The van der Waals surface area contributed by atoms with Crippen molar-refractivity contribution in [1.82, 2.24) is 0 Å². The number of hydrogen-bond acceptors (Lipinski definition) is 3. The summed E-state index contributed by atoms with van der Waals surface area (Å²) in [5.41, 5.74) is 0. The lowest BCUT2D eigenvalue weighted by atomic mass is 10.4. The van der Waals surface area contributed by atoms with E-state index >= 15 is 0 Å². The number of nitriles is 1. The number of aldehydes is 1. The Morgan fingerprint density at radius 2 is 2.50 bits per heavy atom. The number of carbonyl (C=O) groups excluding carboxylic acids is 1. The SMILES string of the molecule is N#Cc1sc(C=O)cc1F. The van der Waals surface area contributed by atoms with Gasteiger partial charge in [-0.05, 0) is 6.07 Å². The summed E-state index contributed by atoms with van der Waals surface area (Å²) >= 11 is 0.855. The maximum Gasteiger partial charge on any atom is 0.160 e. The normalized spacial score (nSPS) is 8.80. The quantitative estimate of drug-likeness (QED) is 0.577. The predicted molar refractivity (Wildman–Crippen MR) is 34.4 cm³/mol. The van der Waals surface area contributed by atoms with E-state index in [9.17, 15) is 9.18 Å². The lowest BCUT2D eigenvalue weighted by molar-refractivity contribution is 0.112. The van der Waals surface area contributed by atoms with Crippen LogP contribution in [0.3, 0.4) is 0 Å². The highest BCUT2D eigenvalue weighted by Gasteiger charge is 2.05. The molecule has 0 amide bonds. The van der Waals surface area contributed by atoms with Gasteiger partial charge in [0.2, 0.25) is 0 Å². The van der Waals surface area contributed by atoms with Crippen LogP contribution >= 0.6 is 11.3 Å². The molecule has 1 aromatic rings. The van der Waals surface area contributed by atoms with Gasteiger partial charge in [-0.25, -0.2) is 4.39 Å². The fourth-order valence-corrected chi connectivity index (χ4v) is 1.17. The van der Waals surface area contributed by atoms with Gasteiger partial charge in [0.05, 0.1) is 4.88 Å². The third kappa shape index (κ3) is 1.04. The Morgan fingerprint density at radius 1 is 1.80 bits per heavy atom. The van der Waals surface area contributed by atoms with Gasteiger partial charge in [-0.15, -0.1) is 11.3 Å². The molecule has 0 radical (unpaired) electrons. The Labute approximate surface area is 60.5 Å². The second-order valence-corrected chi connectivity index (χ2v) is 2.64. The minimum absolute atomic E-state index is 0.0397. The number of halogens is 1. The van der Waals surface area contributed by atoms with Crippen molar-refractivity contribution < 1.29 is 9.18 Å². The van der Waals surface area contributed by atoms with E-state index in [0.29, 0.717) is 6.29 Å². The summed E-state index contributed by atoms with van der Waals surface area (Å²) in [6, 6.07) is 2.69. The van der Waals surface area contributed by atoms with Gasteiger partial charge in [0.15, 0.2) is 12.1 Å². The number of thiophene rings is 1. The molecule has 0 aromatic carbocycles. The van der Waals surface area contributed by atoms with Gasteiger partial charge in [0.25, 0.3) is 0 Å². The Kier molecular flexibility index (Phi) is 1.78. The van der Waals surface area contributed by atoms with Gasteiger partial charge in [-0.3, -0.25) is 4.79 Å². The zero-order chi connectivity index (χ0) is 7.56. The first-order chi connectivity index (χ1) is 4.77. The van der Waals surface area contributed by atoms with Gasteiger partial charge in [0.1, 0.15) is 10.9 Å². The lowest BCUT2D eigenvalue weighted by Gasteiger charge is -1.72. The van der Waals surface area contributed by atoms with E-state index in [1.54, 1.807) is 6.07 Å². The molecule has 4 heteroatoms. The molecule has 0 bridgehead atoms. The van der Waals surface area contributed by atoms with E-state index in [-0.39, 0.29) is 9.75 Å². The summed E-state index contributed by atoms with van der Waals surface area (Å²) in [5.74, 6) is -0.616. The third-order valence-electron chi connectivity index (χ3n) is 0.924. The topological polar surface area (TPSA) is 40.9 Å². The van der Waals surface area contributed by atoms with Gasteiger partial charge >= 0.3 is 0 Å². The number of hydrogen-bond donors (Lipinski definition) is 0. The monoisotopic (exact) mass is 155 g/mol. The lowest BCUT2D eigenvalue weighted by Crippen LogP contribution is -1.67.